The molecule has 1 aromatic heterocycles. The Morgan fingerprint density at radius 2 is 2.00 bits per heavy atom. The molecule has 0 radical (unpaired) electrons. The summed E-state index contributed by atoms with van der Waals surface area (Å²) in [5.74, 6) is 0.673. The van der Waals surface area contributed by atoms with Crippen molar-refractivity contribution in [3.05, 3.63) is 47.2 Å². The predicted octanol–water partition coefficient (Wildman–Crippen LogP) is 3.18. The van der Waals surface area contributed by atoms with E-state index >= 15 is 0 Å². The van der Waals surface area contributed by atoms with Crippen LogP contribution >= 0.6 is 11.6 Å². The van der Waals surface area contributed by atoms with Crippen molar-refractivity contribution in [3.63, 3.8) is 0 Å². The lowest BCUT2D eigenvalue weighted by atomic mass is 10.3. The van der Waals surface area contributed by atoms with Crippen LogP contribution in [0.1, 0.15) is 17.0 Å². The molecule has 7 heteroatoms. The quantitative estimate of drug-likeness (QED) is 0.764. The van der Waals surface area contributed by atoms with Crippen LogP contribution in [-0.2, 0) is 4.74 Å². The lowest BCUT2D eigenvalue weighted by Gasteiger charge is -2.26. The Morgan fingerprint density at radius 1 is 1.20 bits per heavy atom. The van der Waals surface area contributed by atoms with E-state index in [4.69, 9.17) is 25.5 Å². The van der Waals surface area contributed by atoms with Gasteiger partial charge in [-0.15, -0.1) is 0 Å². The van der Waals surface area contributed by atoms with Gasteiger partial charge in [-0.2, -0.15) is 0 Å². The van der Waals surface area contributed by atoms with E-state index in [0.717, 1.165) is 39.3 Å². The van der Waals surface area contributed by atoms with Gasteiger partial charge in [-0.25, -0.2) is 0 Å². The first-order valence-electron chi connectivity index (χ1n) is 8.33. The fraction of sp³-hybridized carbons (Fsp3) is 0.389. The number of halogens is 1. The van der Waals surface area contributed by atoms with Crippen LogP contribution in [0.5, 0.6) is 11.7 Å². The van der Waals surface area contributed by atoms with Gasteiger partial charge in [0.05, 0.1) is 18.2 Å². The van der Waals surface area contributed by atoms with Crippen LogP contribution in [0.3, 0.4) is 0 Å². The maximum absolute atomic E-state index is 12.1. The number of hydrogen-bond donors (Lipinski definition) is 1. The van der Waals surface area contributed by atoms with Crippen molar-refractivity contribution in [1.82, 2.24) is 10.2 Å². The van der Waals surface area contributed by atoms with Gasteiger partial charge >= 0.3 is 0 Å². The molecule has 1 aliphatic heterocycles. The van der Waals surface area contributed by atoms with Crippen LogP contribution in [-0.4, -0.2) is 50.2 Å². The Morgan fingerprint density at radius 3 is 2.80 bits per heavy atom. The summed E-state index contributed by atoms with van der Waals surface area (Å²) in [5, 5.41) is 3.33. The fourth-order valence-electron chi connectivity index (χ4n) is 2.55. The van der Waals surface area contributed by atoms with E-state index in [-0.39, 0.29) is 17.6 Å². The highest BCUT2D eigenvalue weighted by Crippen LogP contribution is 2.29. The maximum atomic E-state index is 12.1. The largest absolute Gasteiger partial charge is 0.424 e. The van der Waals surface area contributed by atoms with Crippen LogP contribution in [0.15, 0.2) is 40.8 Å². The normalized spacial score (nSPS) is 15.1. The Kier molecular flexibility index (Phi) is 6.33. The van der Waals surface area contributed by atoms with E-state index in [0.29, 0.717) is 17.3 Å². The first-order chi connectivity index (χ1) is 12.2. The number of nitrogens with zero attached hydrogens (tertiary/aromatic N) is 1. The summed E-state index contributed by atoms with van der Waals surface area (Å²) in [6.45, 7) is 5.02. The highest BCUT2D eigenvalue weighted by Gasteiger charge is 2.14. The minimum Gasteiger partial charge on any atom is -0.424 e. The molecule has 2 heterocycles. The zero-order valence-electron chi connectivity index (χ0n) is 13.9. The van der Waals surface area contributed by atoms with Crippen molar-refractivity contribution in [3.8, 4) is 11.7 Å². The number of amides is 1. The van der Waals surface area contributed by atoms with E-state index in [9.17, 15) is 4.79 Å². The van der Waals surface area contributed by atoms with Crippen LogP contribution in [0.2, 0.25) is 5.02 Å². The van der Waals surface area contributed by atoms with E-state index in [1.165, 1.54) is 0 Å². The van der Waals surface area contributed by atoms with Gasteiger partial charge in [0.1, 0.15) is 5.75 Å². The van der Waals surface area contributed by atoms with Gasteiger partial charge in [0.2, 0.25) is 0 Å². The number of benzene rings is 1. The van der Waals surface area contributed by atoms with Crippen LogP contribution < -0.4 is 10.1 Å². The van der Waals surface area contributed by atoms with Gasteiger partial charge < -0.3 is 19.2 Å². The summed E-state index contributed by atoms with van der Waals surface area (Å²) < 4.78 is 16.3. The second-order valence-corrected chi connectivity index (χ2v) is 6.12. The highest BCUT2D eigenvalue weighted by molar-refractivity contribution is 6.32. The summed E-state index contributed by atoms with van der Waals surface area (Å²) in [5.41, 5.74) is 0. The molecule has 0 aliphatic carbocycles. The van der Waals surface area contributed by atoms with Gasteiger partial charge in [-0.1, -0.05) is 23.7 Å². The van der Waals surface area contributed by atoms with Gasteiger partial charge in [0.25, 0.3) is 11.9 Å². The summed E-state index contributed by atoms with van der Waals surface area (Å²) in [6.07, 6.45) is 0.884. The Bertz CT molecular complexity index is 698. The molecule has 0 saturated carbocycles. The standard InChI is InChI=1S/C18H21ClN2O4/c19-14-4-1-2-5-15(14)24-17-7-6-16(25-17)18(22)20-8-3-9-21-10-12-23-13-11-21/h1-2,4-7H,3,8-13H2,(H,20,22). The third kappa shape index (κ3) is 5.22. The molecule has 2 aromatic rings. The number of hydrogen-bond acceptors (Lipinski definition) is 5. The molecule has 1 amide bonds. The van der Waals surface area contributed by atoms with E-state index in [1.54, 1.807) is 24.3 Å². The number of morpholine rings is 1. The summed E-state index contributed by atoms with van der Waals surface area (Å²) in [7, 11) is 0. The monoisotopic (exact) mass is 364 g/mol. The minimum absolute atomic E-state index is 0.216. The summed E-state index contributed by atoms with van der Waals surface area (Å²) in [4.78, 5) is 14.4. The topological polar surface area (TPSA) is 63.9 Å². The van der Waals surface area contributed by atoms with Crippen LogP contribution in [0, 0.1) is 0 Å². The minimum atomic E-state index is -0.254. The first-order valence-corrected chi connectivity index (χ1v) is 8.71. The molecule has 1 N–H and O–H groups in total. The van der Waals surface area contributed by atoms with Gasteiger partial charge in [-0.3, -0.25) is 9.69 Å². The molecule has 0 atom stereocenters. The van der Waals surface area contributed by atoms with E-state index in [1.807, 2.05) is 12.1 Å². The number of carbonyl (C=O) groups is 1. The molecular formula is C18H21ClN2O4. The smallest absolute Gasteiger partial charge is 0.290 e. The Labute approximate surface area is 151 Å². The number of ether oxygens (including phenoxy) is 2. The molecule has 1 aliphatic rings. The summed E-state index contributed by atoms with van der Waals surface area (Å²) in [6, 6.07) is 10.3. The molecule has 0 bridgehead atoms. The zero-order valence-corrected chi connectivity index (χ0v) is 14.6. The third-order valence-electron chi connectivity index (χ3n) is 3.89. The zero-order chi connectivity index (χ0) is 17.5. The number of para-hydroxylation sites is 1. The van der Waals surface area contributed by atoms with Crippen molar-refractivity contribution in [2.75, 3.05) is 39.4 Å². The first kappa shape index (κ1) is 17.8. The lowest BCUT2D eigenvalue weighted by molar-refractivity contribution is 0.0374. The SMILES string of the molecule is O=C(NCCCN1CCOCC1)c1ccc(Oc2ccccc2Cl)o1. The van der Waals surface area contributed by atoms with E-state index in [2.05, 4.69) is 10.2 Å². The Balaban J connectivity index is 1.43. The molecule has 1 saturated heterocycles. The average Bonchev–Trinajstić information content (AvgIpc) is 3.10. The number of carbonyl (C=O) groups excluding carboxylic acids is 1. The highest BCUT2D eigenvalue weighted by atomic mass is 35.5. The molecule has 0 spiro atoms. The number of nitrogens with one attached hydrogen (secondary N) is 1. The average molecular weight is 365 g/mol. The van der Waals surface area contributed by atoms with Crippen molar-refractivity contribution >= 4 is 17.5 Å². The van der Waals surface area contributed by atoms with Crippen molar-refractivity contribution in [2.24, 2.45) is 0 Å². The summed E-state index contributed by atoms with van der Waals surface area (Å²) >= 11 is 6.03. The maximum Gasteiger partial charge on any atom is 0.290 e. The number of rotatable bonds is 7. The molecule has 25 heavy (non-hydrogen) atoms. The molecule has 3 rings (SSSR count). The van der Waals surface area contributed by atoms with Gasteiger partial charge in [0, 0.05) is 25.7 Å². The lowest BCUT2D eigenvalue weighted by Crippen LogP contribution is -2.38. The van der Waals surface area contributed by atoms with Crippen LogP contribution in [0.25, 0.3) is 0 Å². The molecule has 1 fully saturated rings. The van der Waals surface area contributed by atoms with E-state index < -0.39 is 0 Å². The van der Waals surface area contributed by atoms with Crippen LogP contribution in [0.4, 0.5) is 0 Å². The van der Waals surface area contributed by atoms with Gasteiger partial charge in [0.15, 0.2) is 5.76 Å². The molecule has 6 nitrogen and oxygen atoms in total. The third-order valence-corrected chi connectivity index (χ3v) is 4.20. The van der Waals surface area contributed by atoms with Crippen molar-refractivity contribution in [1.29, 1.82) is 0 Å². The second-order valence-electron chi connectivity index (χ2n) is 5.71. The number of furan rings is 1. The van der Waals surface area contributed by atoms with Gasteiger partial charge in [-0.05, 0) is 31.2 Å². The fourth-order valence-corrected chi connectivity index (χ4v) is 2.72. The van der Waals surface area contributed by atoms with Crippen molar-refractivity contribution in [2.45, 2.75) is 6.42 Å². The predicted molar refractivity (Wildman–Crippen MR) is 94.4 cm³/mol. The molecular weight excluding hydrogens is 344 g/mol. The molecule has 0 unspecified atom stereocenters. The molecule has 134 valence electrons. The Hall–Kier alpha value is -2.02. The second kappa shape index (κ2) is 8.89. The van der Waals surface area contributed by atoms with Crippen molar-refractivity contribution < 1.29 is 18.7 Å². The molecule has 1 aromatic carbocycles.